The zero-order valence-electron chi connectivity index (χ0n) is 12.6. The molecule has 1 N–H and O–H groups in total. The molecule has 0 radical (unpaired) electrons. The van der Waals surface area contributed by atoms with Crippen LogP contribution in [-0.4, -0.2) is 7.05 Å². The van der Waals surface area contributed by atoms with Gasteiger partial charge in [-0.15, -0.1) is 0 Å². The van der Waals surface area contributed by atoms with Crippen LogP contribution in [0, 0.1) is 20.8 Å². The van der Waals surface area contributed by atoms with Crippen molar-refractivity contribution in [1.29, 1.82) is 0 Å². The van der Waals surface area contributed by atoms with Gasteiger partial charge in [-0.2, -0.15) is 0 Å². The van der Waals surface area contributed by atoms with Crippen LogP contribution in [0.25, 0.3) is 0 Å². The Balaban J connectivity index is 2.28. The molecule has 0 saturated heterocycles. The second-order valence-electron chi connectivity index (χ2n) is 5.49. The molecular weight excluding hydrogens is 310 g/mol. The summed E-state index contributed by atoms with van der Waals surface area (Å²) >= 11 is 3.61. The molecule has 0 aromatic heterocycles. The van der Waals surface area contributed by atoms with E-state index in [1.807, 2.05) is 7.05 Å². The first-order valence-electron chi connectivity index (χ1n) is 7.00. The minimum atomic E-state index is 0.351. The molecular formula is C18H22BrN. The van der Waals surface area contributed by atoms with Gasteiger partial charge in [0.05, 0.1) is 0 Å². The normalized spacial score (nSPS) is 12.4. The maximum absolute atomic E-state index is 3.61. The molecule has 106 valence electrons. The van der Waals surface area contributed by atoms with Crippen molar-refractivity contribution in [1.82, 2.24) is 5.32 Å². The van der Waals surface area contributed by atoms with Gasteiger partial charge in [0.15, 0.2) is 0 Å². The molecule has 0 aliphatic heterocycles. The lowest BCUT2D eigenvalue weighted by atomic mass is 9.94. The summed E-state index contributed by atoms with van der Waals surface area (Å²) < 4.78 is 1.18. The van der Waals surface area contributed by atoms with E-state index in [1.165, 1.54) is 32.3 Å². The molecule has 20 heavy (non-hydrogen) atoms. The minimum absolute atomic E-state index is 0.351. The van der Waals surface area contributed by atoms with E-state index in [1.54, 1.807) is 0 Å². The lowest BCUT2D eigenvalue weighted by Gasteiger charge is -2.20. The third-order valence-corrected chi connectivity index (χ3v) is 4.69. The molecule has 2 rings (SSSR count). The van der Waals surface area contributed by atoms with Gasteiger partial charge in [-0.3, -0.25) is 0 Å². The lowest BCUT2D eigenvalue weighted by molar-refractivity contribution is 0.588. The molecule has 0 aliphatic rings. The molecule has 1 atom stereocenters. The number of halogens is 1. The molecule has 0 spiro atoms. The van der Waals surface area contributed by atoms with Crippen molar-refractivity contribution >= 4 is 15.9 Å². The van der Waals surface area contributed by atoms with Crippen LogP contribution in [0.3, 0.4) is 0 Å². The van der Waals surface area contributed by atoms with Crippen molar-refractivity contribution in [2.24, 2.45) is 0 Å². The van der Waals surface area contributed by atoms with E-state index in [0.29, 0.717) is 6.04 Å². The standard InChI is InChI=1S/C18H22BrN/c1-12-5-7-15(8-6-12)11-18(20-4)16-9-14(3)17(19)10-13(16)2/h5-10,18,20H,11H2,1-4H3. The summed E-state index contributed by atoms with van der Waals surface area (Å²) in [7, 11) is 2.04. The van der Waals surface area contributed by atoms with Crippen LogP contribution in [0.2, 0.25) is 0 Å². The summed E-state index contributed by atoms with van der Waals surface area (Å²) in [4.78, 5) is 0. The topological polar surface area (TPSA) is 12.0 Å². The molecule has 2 aromatic rings. The summed E-state index contributed by atoms with van der Waals surface area (Å²) in [6, 6.07) is 13.7. The molecule has 0 amide bonds. The van der Waals surface area contributed by atoms with E-state index >= 15 is 0 Å². The van der Waals surface area contributed by atoms with Gasteiger partial charge in [-0.25, -0.2) is 0 Å². The molecule has 0 saturated carbocycles. The molecule has 1 nitrogen and oxygen atoms in total. The number of nitrogens with one attached hydrogen (secondary N) is 1. The second kappa shape index (κ2) is 6.55. The highest BCUT2D eigenvalue weighted by atomic mass is 79.9. The van der Waals surface area contributed by atoms with E-state index in [4.69, 9.17) is 0 Å². The van der Waals surface area contributed by atoms with E-state index in [9.17, 15) is 0 Å². The van der Waals surface area contributed by atoms with E-state index in [2.05, 4.69) is 78.4 Å². The first-order chi connectivity index (χ1) is 9.51. The maximum atomic E-state index is 3.61. The van der Waals surface area contributed by atoms with Crippen LogP contribution in [0.1, 0.15) is 33.9 Å². The Morgan fingerprint density at radius 2 is 1.65 bits per heavy atom. The molecule has 0 fully saturated rings. The third-order valence-electron chi connectivity index (χ3n) is 3.83. The lowest BCUT2D eigenvalue weighted by Crippen LogP contribution is -2.20. The van der Waals surface area contributed by atoms with Gasteiger partial charge in [0.2, 0.25) is 0 Å². The van der Waals surface area contributed by atoms with Crippen LogP contribution in [0.5, 0.6) is 0 Å². The van der Waals surface area contributed by atoms with Gasteiger partial charge in [0.25, 0.3) is 0 Å². The Hall–Kier alpha value is -1.12. The number of hydrogen-bond donors (Lipinski definition) is 1. The summed E-state index contributed by atoms with van der Waals surface area (Å²) in [5.41, 5.74) is 6.68. The number of hydrogen-bond acceptors (Lipinski definition) is 1. The zero-order valence-corrected chi connectivity index (χ0v) is 14.2. The first-order valence-corrected chi connectivity index (χ1v) is 7.80. The van der Waals surface area contributed by atoms with Crippen molar-refractivity contribution in [3.63, 3.8) is 0 Å². The van der Waals surface area contributed by atoms with Crippen LogP contribution in [-0.2, 0) is 6.42 Å². The molecule has 2 heteroatoms. The SMILES string of the molecule is CNC(Cc1ccc(C)cc1)c1cc(C)c(Br)cc1C. The Bertz CT molecular complexity index is 587. The summed E-state index contributed by atoms with van der Waals surface area (Å²) in [5, 5.41) is 3.45. The Kier molecular flexibility index (Phi) is 5.00. The number of rotatable bonds is 4. The van der Waals surface area contributed by atoms with Gasteiger partial charge in [0.1, 0.15) is 0 Å². The highest BCUT2D eigenvalue weighted by molar-refractivity contribution is 9.10. The fourth-order valence-electron chi connectivity index (χ4n) is 2.51. The average Bonchev–Trinajstić information content (AvgIpc) is 2.43. The fourth-order valence-corrected chi connectivity index (χ4v) is 2.96. The number of benzene rings is 2. The molecule has 2 aromatic carbocycles. The monoisotopic (exact) mass is 331 g/mol. The van der Waals surface area contributed by atoms with Crippen LogP contribution in [0.4, 0.5) is 0 Å². The molecule has 0 heterocycles. The summed E-state index contributed by atoms with van der Waals surface area (Å²) in [6.45, 7) is 6.45. The van der Waals surface area contributed by atoms with Gasteiger partial charge in [-0.05, 0) is 62.6 Å². The van der Waals surface area contributed by atoms with Gasteiger partial charge >= 0.3 is 0 Å². The van der Waals surface area contributed by atoms with Crippen molar-refractivity contribution in [3.8, 4) is 0 Å². The van der Waals surface area contributed by atoms with Crippen molar-refractivity contribution in [3.05, 3.63) is 68.7 Å². The predicted octanol–water partition coefficient (Wildman–Crippen LogP) is 4.88. The van der Waals surface area contributed by atoms with Crippen molar-refractivity contribution < 1.29 is 0 Å². The average molecular weight is 332 g/mol. The summed E-state index contributed by atoms with van der Waals surface area (Å²) in [5.74, 6) is 0. The van der Waals surface area contributed by atoms with Gasteiger partial charge in [0, 0.05) is 10.5 Å². The third kappa shape index (κ3) is 3.50. The van der Waals surface area contributed by atoms with Crippen LogP contribution >= 0.6 is 15.9 Å². The predicted molar refractivity (Wildman–Crippen MR) is 90.3 cm³/mol. The largest absolute Gasteiger partial charge is 0.313 e. The van der Waals surface area contributed by atoms with Gasteiger partial charge in [-0.1, -0.05) is 51.8 Å². The summed E-state index contributed by atoms with van der Waals surface area (Å²) in [6.07, 6.45) is 1.01. The van der Waals surface area contributed by atoms with E-state index < -0.39 is 0 Å². The zero-order chi connectivity index (χ0) is 14.7. The first kappa shape index (κ1) is 15.3. The number of aryl methyl sites for hydroxylation is 3. The highest BCUT2D eigenvalue weighted by Crippen LogP contribution is 2.27. The second-order valence-corrected chi connectivity index (χ2v) is 6.34. The molecule has 0 bridgehead atoms. The van der Waals surface area contributed by atoms with Crippen LogP contribution in [0.15, 0.2) is 40.9 Å². The van der Waals surface area contributed by atoms with Crippen LogP contribution < -0.4 is 5.32 Å². The Morgan fingerprint density at radius 3 is 2.25 bits per heavy atom. The Morgan fingerprint density at radius 1 is 1.00 bits per heavy atom. The quantitative estimate of drug-likeness (QED) is 0.842. The van der Waals surface area contributed by atoms with E-state index in [-0.39, 0.29) is 0 Å². The van der Waals surface area contributed by atoms with Crippen molar-refractivity contribution in [2.75, 3.05) is 7.05 Å². The fraction of sp³-hybridized carbons (Fsp3) is 0.333. The Labute approximate surface area is 130 Å². The van der Waals surface area contributed by atoms with Gasteiger partial charge < -0.3 is 5.32 Å². The molecule has 0 aliphatic carbocycles. The maximum Gasteiger partial charge on any atom is 0.0361 e. The minimum Gasteiger partial charge on any atom is -0.313 e. The number of likely N-dealkylation sites (N-methyl/N-ethyl adjacent to an activating group) is 1. The molecule has 1 unspecified atom stereocenters. The van der Waals surface area contributed by atoms with E-state index in [0.717, 1.165) is 6.42 Å². The highest BCUT2D eigenvalue weighted by Gasteiger charge is 2.14. The smallest absolute Gasteiger partial charge is 0.0361 e. The van der Waals surface area contributed by atoms with Crippen molar-refractivity contribution in [2.45, 2.75) is 33.2 Å².